The zero-order valence-corrected chi connectivity index (χ0v) is 13.3. The molecule has 1 unspecified atom stereocenters. The molecule has 0 radical (unpaired) electrons. The number of aromatic nitrogens is 2. The van der Waals surface area contributed by atoms with Crippen molar-refractivity contribution in [3.8, 4) is 0 Å². The second-order valence-corrected chi connectivity index (χ2v) is 6.58. The fraction of sp³-hybridized carbons (Fsp3) is 0.400. The van der Waals surface area contributed by atoms with Crippen LogP contribution in [-0.2, 0) is 11.3 Å². The molecule has 7 heteroatoms. The Morgan fingerprint density at radius 1 is 1.45 bits per heavy atom. The largest absolute Gasteiger partial charge is 0.353 e. The van der Waals surface area contributed by atoms with Gasteiger partial charge in [0.2, 0.25) is 11.0 Å². The summed E-state index contributed by atoms with van der Waals surface area (Å²) >= 11 is 1.49. The molecule has 1 atom stereocenters. The van der Waals surface area contributed by atoms with Crippen LogP contribution in [0.1, 0.15) is 35.5 Å². The molecular weight excluding hydrogens is 303 g/mol. The van der Waals surface area contributed by atoms with E-state index in [-0.39, 0.29) is 17.8 Å². The number of fused-ring (bicyclic) bond motifs is 1. The van der Waals surface area contributed by atoms with E-state index in [1.165, 1.54) is 23.5 Å². The van der Waals surface area contributed by atoms with Gasteiger partial charge in [0.15, 0.2) is 0 Å². The number of benzene rings is 1. The molecule has 0 fully saturated rings. The number of nitrogens with one attached hydrogen (secondary N) is 1. The molecule has 0 saturated carbocycles. The molecule has 116 valence electrons. The van der Waals surface area contributed by atoms with Crippen molar-refractivity contribution in [2.75, 3.05) is 11.9 Å². The zero-order valence-electron chi connectivity index (χ0n) is 12.5. The summed E-state index contributed by atoms with van der Waals surface area (Å²) in [4.78, 5) is 13.4. The first-order valence-electron chi connectivity index (χ1n) is 7.13. The average molecular weight is 320 g/mol. The molecule has 1 aliphatic rings. The van der Waals surface area contributed by atoms with Crippen molar-refractivity contribution in [1.29, 1.82) is 0 Å². The van der Waals surface area contributed by atoms with Gasteiger partial charge in [-0.15, -0.1) is 10.2 Å². The lowest BCUT2D eigenvalue weighted by atomic mass is 9.99. The summed E-state index contributed by atoms with van der Waals surface area (Å²) in [6, 6.07) is 4.76. The van der Waals surface area contributed by atoms with Gasteiger partial charge in [0.05, 0.1) is 6.04 Å². The Morgan fingerprint density at radius 2 is 2.27 bits per heavy atom. The Kier molecular flexibility index (Phi) is 4.06. The molecular formula is C15H17FN4OS. The molecule has 1 aromatic heterocycles. The maximum atomic E-state index is 13.6. The highest BCUT2D eigenvalue weighted by atomic mass is 32.1. The van der Waals surface area contributed by atoms with Crippen LogP contribution in [0.2, 0.25) is 0 Å². The summed E-state index contributed by atoms with van der Waals surface area (Å²) in [6.07, 6.45) is 0.747. The third-order valence-corrected chi connectivity index (χ3v) is 4.57. The van der Waals surface area contributed by atoms with Crippen LogP contribution < -0.4 is 5.32 Å². The van der Waals surface area contributed by atoms with Crippen LogP contribution in [0.3, 0.4) is 0 Å². The van der Waals surface area contributed by atoms with Crippen molar-refractivity contribution in [1.82, 2.24) is 15.1 Å². The molecule has 0 aliphatic carbocycles. The molecule has 0 spiro atoms. The minimum atomic E-state index is -0.283. The number of nitrogens with zero attached hydrogens (tertiary/aromatic N) is 3. The third kappa shape index (κ3) is 3.09. The van der Waals surface area contributed by atoms with Gasteiger partial charge in [0.1, 0.15) is 10.8 Å². The van der Waals surface area contributed by atoms with Crippen LogP contribution in [0.4, 0.5) is 9.52 Å². The number of anilines is 1. The molecule has 1 aliphatic heterocycles. The maximum Gasteiger partial charge on any atom is 0.219 e. The number of carbonyl (C=O) groups is 1. The summed E-state index contributed by atoms with van der Waals surface area (Å²) in [5.41, 5.74) is 1.85. The number of hydrogen-bond acceptors (Lipinski definition) is 5. The van der Waals surface area contributed by atoms with Gasteiger partial charge in [-0.3, -0.25) is 4.79 Å². The first-order chi connectivity index (χ1) is 10.5. The molecule has 5 nitrogen and oxygen atoms in total. The topological polar surface area (TPSA) is 58.1 Å². The molecule has 0 bridgehead atoms. The molecule has 0 saturated heterocycles. The average Bonchev–Trinajstić information content (AvgIpc) is 2.78. The van der Waals surface area contributed by atoms with Crippen molar-refractivity contribution >= 4 is 22.4 Å². The molecule has 3 rings (SSSR count). The summed E-state index contributed by atoms with van der Waals surface area (Å²) in [6.45, 7) is 4.51. The van der Waals surface area contributed by atoms with Gasteiger partial charge < -0.3 is 10.2 Å². The first-order valence-corrected chi connectivity index (χ1v) is 7.95. The predicted molar refractivity (Wildman–Crippen MR) is 83.1 cm³/mol. The van der Waals surface area contributed by atoms with Crippen LogP contribution in [0.5, 0.6) is 0 Å². The van der Waals surface area contributed by atoms with Crippen LogP contribution in [0.15, 0.2) is 18.2 Å². The van der Waals surface area contributed by atoms with Crippen molar-refractivity contribution in [3.63, 3.8) is 0 Å². The van der Waals surface area contributed by atoms with E-state index in [0.717, 1.165) is 27.7 Å². The lowest BCUT2D eigenvalue weighted by Gasteiger charge is -2.19. The van der Waals surface area contributed by atoms with E-state index in [2.05, 4.69) is 15.5 Å². The zero-order chi connectivity index (χ0) is 15.7. The van der Waals surface area contributed by atoms with Crippen molar-refractivity contribution in [2.24, 2.45) is 0 Å². The van der Waals surface area contributed by atoms with Crippen LogP contribution in [0.25, 0.3) is 0 Å². The van der Waals surface area contributed by atoms with Gasteiger partial charge in [0.25, 0.3) is 0 Å². The molecule has 2 aromatic rings. The van der Waals surface area contributed by atoms with Crippen LogP contribution >= 0.6 is 11.3 Å². The summed E-state index contributed by atoms with van der Waals surface area (Å²) in [7, 11) is 0. The standard InChI is InChI=1S/C15H17FN4OS/c1-9-18-19-15(22-9)17-14-5-6-20(10(2)21)8-11-7-12(16)3-4-13(11)14/h3-4,7,14H,5-6,8H2,1-2H3,(H,17,19). The van der Waals surface area contributed by atoms with Crippen molar-refractivity contribution < 1.29 is 9.18 Å². The third-order valence-electron chi connectivity index (χ3n) is 3.80. The SMILES string of the molecule is CC(=O)N1CCC(Nc2nnc(C)s2)c2ccc(F)cc2C1. The molecule has 22 heavy (non-hydrogen) atoms. The highest BCUT2D eigenvalue weighted by Gasteiger charge is 2.24. The second-order valence-electron chi connectivity index (χ2n) is 5.40. The van der Waals surface area contributed by atoms with Crippen LogP contribution in [0, 0.1) is 12.7 Å². The smallest absolute Gasteiger partial charge is 0.219 e. The summed E-state index contributed by atoms with van der Waals surface area (Å²) < 4.78 is 13.6. The quantitative estimate of drug-likeness (QED) is 0.924. The van der Waals surface area contributed by atoms with E-state index < -0.39 is 0 Å². The first kappa shape index (κ1) is 14.9. The number of hydrogen-bond donors (Lipinski definition) is 1. The lowest BCUT2D eigenvalue weighted by molar-refractivity contribution is -0.129. The van der Waals surface area contributed by atoms with E-state index in [9.17, 15) is 9.18 Å². The van der Waals surface area contributed by atoms with Crippen molar-refractivity contribution in [2.45, 2.75) is 32.9 Å². The van der Waals surface area contributed by atoms with Gasteiger partial charge in [0, 0.05) is 20.0 Å². The Hall–Kier alpha value is -2.02. The number of amides is 1. The normalized spacial score (nSPS) is 17.8. The van der Waals surface area contributed by atoms with Crippen LogP contribution in [-0.4, -0.2) is 27.5 Å². The van der Waals surface area contributed by atoms with Crippen molar-refractivity contribution in [3.05, 3.63) is 40.2 Å². The minimum absolute atomic E-state index is 0.00243. The van der Waals surface area contributed by atoms with Gasteiger partial charge >= 0.3 is 0 Å². The highest BCUT2D eigenvalue weighted by molar-refractivity contribution is 7.15. The Balaban J connectivity index is 1.92. The Labute approximate surface area is 132 Å². The second kappa shape index (κ2) is 6.00. The maximum absolute atomic E-state index is 13.6. The number of carbonyl (C=O) groups excluding carboxylic acids is 1. The Morgan fingerprint density at radius 3 is 2.95 bits per heavy atom. The number of halogens is 1. The predicted octanol–water partition coefficient (Wildman–Crippen LogP) is 2.89. The highest BCUT2D eigenvalue weighted by Crippen LogP contribution is 2.31. The fourth-order valence-electron chi connectivity index (χ4n) is 2.70. The van der Waals surface area contributed by atoms with Gasteiger partial charge in [-0.05, 0) is 36.6 Å². The van der Waals surface area contributed by atoms with E-state index in [0.29, 0.717) is 13.1 Å². The minimum Gasteiger partial charge on any atom is -0.353 e. The van der Waals surface area contributed by atoms with E-state index in [1.54, 1.807) is 17.9 Å². The van der Waals surface area contributed by atoms with E-state index in [1.807, 2.05) is 6.92 Å². The molecule has 2 heterocycles. The fourth-order valence-corrected chi connectivity index (χ4v) is 3.34. The van der Waals surface area contributed by atoms with E-state index in [4.69, 9.17) is 0 Å². The molecule has 1 N–H and O–H groups in total. The summed E-state index contributed by atoms with van der Waals surface area (Å²) in [5.74, 6) is -0.280. The number of rotatable bonds is 2. The molecule has 1 aromatic carbocycles. The Bertz CT molecular complexity index is 703. The summed E-state index contributed by atoms with van der Waals surface area (Å²) in [5, 5.41) is 13.1. The monoisotopic (exact) mass is 320 g/mol. The molecule has 1 amide bonds. The lowest BCUT2D eigenvalue weighted by Crippen LogP contribution is -2.28. The van der Waals surface area contributed by atoms with Gasteiger partial charge in [-0.1, -0.05) is 17.4 Å². The number of aryl methyl sites for hydroxylation is 1. The van der Waals surface area contributed by atoms with E-state index >= 15 is 0 Å². The van der Waals surface area contributed by atoms with Gasteiger partial charge in [-0.25, -0.2) is 4.39 Å². The van der Waals surface area contributed by atoms with Gasteiger partial charge in [-0.2, -0.15) is 0 Å².